The number of fused-ring (bicyclic) bond motifs is 3. The maximum absolute atomic E-state index is 13.0. The van der Waals surface area contributed by atoms with Crippen LogP contribution in [0.15, 0.2) is 54.7 Å². The summed E-state index contributed by atoms with van der Waals surface area (Å²) in [6.45, 7) is 1.87. The van der Waals surface area contributed by atoms with Crippen LogP contribution in [0.1, 0.15) is 58.0 Å². The van der Waals surface area contributed by atoms with Gasteiger partial charge in [-0.2, -0.15) is 5.10 Å². The number of carbonyl (C=O) groups is 1. The first kappa shape index (κ1) is 23.6. The fraction of sp³-hybridized carbons (Fsp3) is 0.345. The number of hydrogen-bond donors (Lipinski definition) is 3. The van der Waals surface area contributed by atoms with E-state index in [4.69, 9.17) is 9.72 Å². The zero-order valence-corrected chi connectivity index (χ0v) is 21.7. The van der Waals surface area contributed by atoms with E-state index in [1.165, 1.54) is 24.2 Å². The van der Waals surface area contributed by atoms with Gasteiger partial charge in [-0.3, -0.25) is 9.89 Å². The highest BCUT2D eigenvalue weighted by atomic mass is 32.1. The van der Waals surface area contributed by atoms with Crippen molar-refractivity contribution in [1.29, 1.82) is 0 Å². The van der Waals surface area contributed by atoms with Crippen LogP contribution in [0.4, 0.5) is 5.69 Å². The van der Waals surface area contributed by atoms with Crippen LogP contribution < -0.4 is 10.2 Å². The lowest BCUT2D eigenvalue weighted by Crippen LogP contribution is -2.34. The van der Waals surface area contributed by atoms with Gasteiger partial charge in [-0.1, -0.05) is 24.3 Å². The number of nitrogens with zero attached hydrogens (tertiary/aromatic N) is 3. The van der Waals surface area contributed by atoms with Gasteiger partial charge in [0.2, 0.25) is 0 Å². The van der Waals surface area contributed by atoms with Crippen LogP contribution in [0, 0.1) is 0 Å². The van der Waals surface area contributed by atoms with Gasteiger partial charge in [0, 0.05) is 46.5 Å². The van der Waals surface area contributed by atoms with Crippen LogP contribution in [0.5, 0.6) is 0 Å². The molecule has 7 rings (SSSR count). The minimum absolute atomic E-state index is 0.0428. The molecule has 1 aromatic carbocycles. The molecule has 3 aliphatic rings. The van der Waals surface area contributed by atoms with E-state index in [1.54, 1.807) is 0 Å². The zero-order valence-electron chi connectivity index (χ0n) is 20.9. The molecule has 38 heavy (non-hydrogen) atoms. The molecule has 2 fully saturated rings. The number of nitrogens with one attached hydrogen (secondary N) is 2. The average molecular weight is 528 g/mol. The summed E-state index contributed by atoms with van der Waals surface area (Å²) in [6, 6.07) is 16.0. The Kier molecular flexibility index (Phi) is 5.99. The number of para-hydroxylation sites is 1. The summed E-state index contributed by atoms with van der Waals surface area (Å²) in [5.74, 6) is 0.483. The third-order valence-corrected chi connectivity index (χ3v) is 8.85. The Bertz CT molecular complexity index is 1490. The van der Waals surface area contributed by atoms with Crippen molar-refractivity contribution in [2.24, 2.45) is 0 Å². The molecule has 194 valence electrons. The Labute approximate surface area is 224 Å². The van der Waals surface area contributed by atoms with E-state index in [0.717, 1.165) is 45.1 Å². The van der Waals surface area contributed by atoms with Gasteiger partial charge in [-0.25, -0.2) is 4.98 Å². The molecule has 3 aromatic heterocycles. The van der Waals surface area contributed by atoms with Crippen LogP contribution in [-0.4, -0.2) is 52.0 Å². The van der Waals surface area contributed by atoms with Crippen LogP contribution >= 0.6 is 11.3 Å². The number of aliphatic hydroxyl groups is 1. The molecule has 5 heterocycles. The van der Waals surface area contributed by atoms with E-state index >= 15 is 0 Å². The number of amides is 1. The van der Waals surface area contributed by atoms with Crippen molar-refractivity contribution in [1.82, 2.24) is 20.5 Å². The third kappa shape index (κ3) is 4.30. The monoisotopic (exact) mass is 527 g/mol. The fourth-order valence-corrected chi connectivity index (χ4v) is 6.63. The van der Waals surface area contributed by atoms with E-state index in [0.29, 0.717) is 42.7 Å². The summed E-state index contributed by atoms with van der Waals surface area (Å²) in [4.78, 5) is 21.6. The number of aromatic nitrogens is 3. The minimum Gasteiger partial charge on any atom is -0.379 e. The Morgan fingerprint density at radius 1 is 1.16 bits per heavy atom. The minimum atomic E-state index is -0.911. The summed E-state index contributed by atoms with van der Waals surface area (Å²) in [7, 11) is 0. The highest BCUT2D eigenvalue weighted by Crippen LogP contribution is 2.44. The van der Waals surface area contributed by atoms with E-state index in [2.05, 4.69) is 21.6 Å². The molecule has 2 atom stereocenters. The third-order valence-electron chi connectivity index (χ3n) is 7.64. The standard InChI is InChI=1S/C29H29N5O3S/c35-28(31-19-11-13-37-16-19)25-14-18-10-12-34(24-7-2-1-4-20(24)27(18)38-25)29(36)23-6-3-5-22(32-23)21-15-30-33-26(21)17-8-9-17/h1-7,14-15,17,19,29,36H,8-13,16H2,(H,30,33)(H,31,35)/t19-,29?/m1/s1. The highest BCUT2D eigenvalue weighted by Gasteiger charge is 2.31. The van der Waals surface area contributed by atoms with Gasteiger partial charge >= 0.3 is 0 Å². The Hall–Kier alpha value is -3.53. The molecule has 0 radical (unpaired) electrons. The molecule has 1 saturated heterocycles. The second kappa shape index (κ2) is 9.65. The Balaban J connectivity index is 1.18. The second-order valence-corrected chi connectivity index (χ2v) is 11.3. The van der Waals surface area contributed by atoms with Crippen molar-refractivity contribution in [3.63, 3.8) is 0 Å². The lowest BCUT2D eigenvalue weighted by molar-refractivity contribution is 0.0934. The number of aliphatic hydroxyl groups excluding tert-OH is 1. The zero-order chi connectivity index (χ0) is 25.6. The van der Waals surface area contributed by atoms with Gasteiger partial charge in [-0.05, 0) is 55.5 Å². The Morgan fingerprint density at radius 2 is 2.05 bits per heavy atom. The van der Waals surface area contributed by atoms with E-state index < -0.39 is 6.23 Å². The van der Waals surface area contributed by atoms with E-state index in [-0.39, 0.29) is 11.9 Å². The molecule has 3 N–H and O–H groups in total. The first-order valence-electron chi connectivity index (χ1n) is 13.2. The van der Waals surface area contributed by atoms with Crippen LogP contribution in [0.25, 0.3) is 21.7 Å². The van der Waals surface area contributed by atoms with E-state index in [9.17, 15) is 9.90 Å². The summed E-state index contributed by atoms with van der Waals surface area (Å²) >= 11 is 1.52. The predicted octanol–water partition coefficient (Wildman–Crippen LogP) is 4.65. The van der Waals surface area contributed by atoms with Gasteiger partial charge in [-0.15, -0.1) is 11.3 Å². The summed E-state index contributed by atoms with van der Waals surface area (Å²) in [5, 5.41) is 22.1. The smallest absolute Gasteiger partial charge is 0.261 e. The lowest BCUT2D eigenvalue weighted by Gasteiger charge is -2.30. The molecule has 9 heteroatoms. The van der Waals surface area contributed by atoms with E-state index in [1.807, 2.05) is 53.6 Å². The van der Waals surface area contributed by atoms with Crippen LogP contribution in [-0.2, 0) is 11.2 Å². The molecule has 0 bridgehead atoms. The van der Waals surface area contributed by atoms with Crippen molar-refractivity contribution >= 4 is 22.9 Å². The number of hydrogen-bond acceptors (Lipinski definition) is 7. The molecule has 1 amide bonds. The normalized spacial score (nSPS) is 19.5. The summed E-state index contributed by atoms with van der Waals surface area (Å²) < 4.78 is 5.41. The number of pyridine rings is 1. The van der Waals surface area contributed by atoms with Crippen molar-refractivity contribution in [3.05, 3.63) is 76.6 Å². The van der Waals surface area contributed by atoms with Crippen molar-refractivity contribution in [2.75, 3.05) is 24.7 Å². The number of benzene rings is 1. The molecule has 1 saturated carbocycles. The molecule has 8 nitrogen and oxygen atoms in total. The first-order chi connectivity index (χ1) is 18.7. The van der Waals surface area contributed by atoms with Crippen molar-refractivity contribution in [3.8, 4) is 21.7 Å². The molecule has 0 spiro atoms. The van der Waals surface area contributed by atoms with Gasteiger partial charge in [0.15, 0.2) is 6.23 Å². The number of rotatable bonds is 6. The number of anilines is 1. The maximum Gasteiger partial charge on any atom is 0.261 e. The topological polar surface area (TPSA) is 103 Å². The predicted molar refractivity (Wildman–Crippen MR) is 146 cm³/mol. The molecular weight excluding hydrogens is 498 g/mol. The Morgan fingerprint density at radius 3 is 2.89 bits per heavy atom. The number of aromatic amines is 1. The second-order valence-electron chi connectivity index (χ2n) is 10.3. The van der Waals surface area contributed by atoms with Crippen molar-refractivity contribution < 1.29 is 14.6 Å². The molecule has 1 aliphatic carbocycles. The fourth-order valence-electron chi connectivity index (χ4n) is 5.48. The van der Waals surface area contributed by atoms with Gasteiger partial charge in [0.25, 0.3) is 5.91 Å². The first-order valence-corrected chi connectivity index (χ1v) is 14.0. The number of thiophene rings is 1. The SMILES string of the molecule is O=C(N[C@@H]1CCOC1)c1cc2c(s1)-c1ccccc1N(C(O)c1cccc(-c3cn[nH]c3C3CC3)n1)CC2. The molecule has 2 aliphatic heterocycles. The largest absolute Gasteiger partial charge is 0.379 e. The van der Waals surface area contributed by atoms with Crippen LogP contribution in [0.3, 0.4) is 0 Å². The van der Waals surface area contributed by atoms with Gasteiger partial charge < -0.3 is 20.1 Å². The summed E-state index contributed by atoms with van der Waals surface area (Å²) in [6.07, 6.45) is 4.83. The molecule has 1 unspecified atom stereocenters. The van der Waals surface area contributed by atoms with Crippen LogP contribution in [0.2, 0.25) is 0 Å². The van der Waals surface area contributed by atoms with Gasteiger partial charge in [0.1, 0.15) is 0 Å². The number of carbonyl (C=O) groups excluding carboxylic acids is 1. The molecule has 4 aromatic rings. The number of ether oxygens (including phenoxy) is 1. The number of H-pyrrole nitrogens is 1. The lowest BCUT2D eigenvalue weighted by atomic mass is 10.1. The van der Waals surface area contributed by atoms with Crippen molar-refractivity contribution in [2.45, 2.75) is 43.9 Å². The molecular formula is C29H29N5O3S. The summed E-state index contributed by atoms with van der Waals surface area (Å²) in [5.41, 5.74) is 6.65. The highest BCUT2D eigenvalue weighted by molar-refractivity contribution is 7.17. The average Bonchev–Trinajstić information content (AvgIpc) is 3.30. The van der Waals surface area contributed by atoms with Gasteiger partial charge in [0.05, 0.1) is 35.1 Å². The quantitative estimate of drug-likeness (QED) is 0.337. The maximum atomic E-state index is 13.0.